The third-order valence-corrected chi connectivity index (χ3v) is 4.59. The zero-order valence-corrected chi connectivity index (χ0v) is 14.6. The molecule has 0 bridgehead atoms. The largest absolute Gasteiger partial charge is 0.336 e. The molecule has 0 aliphatic carbocycles. The first kappa shape index (κ1) is 17.3. The minimum absolute atomic E-state index is 0.0633. The lowest BCUT2D eigenvalue weighted by atomic mass is 10.0. The van der Waals surface area contributed by atoms with E-state index in [9.17, 15) is 4.79 Å². The normalized spacial score (nSPS) is 10.7. The van der Waals surface area contributed by atoms with E-state index in [2.05, 4.69) is 29.4 Å². The van der Waals surface area contributed by atoms with Crippen molar-refractivity contribution in [2.45, 2.75) is 45.2 Å². The van der Waals surface area contributed by atoms with Crippen molar-refractivity contribution in [2.75, 3.05) is 16.9 Å². The van der Waals surface area contributed by atoms with E-state index < -0.39 is 0 Å². The summed E-state index contributed by atoms with van der Waals surface area (Å²) < 4.78 is 1.44. The van der Waals surface area contributed by atoms with Gasteiger partial charge >= 0.3 is 0 Å². The summed E-state index contributed by atoms with van der Waals surface area (Å²) in [7, 11) is 0. The first-order valence-corrected chi connectivity index (χ1v) is 8.81. The fourth-order valence-electron chi connectivity index (χ4n) is 2.36. The minimum atomic E-state index is -0.0633. The van der Waals surface area contributed by atoms with Crippen LogP contribution in [0.4, 0.5) is 5.69 Å². The molecule has 2 aromatic rings. The Kier molecular flexibility index (Phi) is 6.04. The molecule has 0 aliphatic rings. The van der Waals surface area contributed by atoms with Crippen molar-refractivity contribution in [3.05, 3.63) is 35.2 Å². The van der Waals surface area contributed by atoms with Crippen molar-refractivity contribution in [3.8, 4) is 0 Å². The van der Waals surface area contributed by atoms with E-state index in [0.29, 0.717) is 17.4 Å². The smallest absolute Gasteiger partial charge is 0.234 e. The van der Waals surface area contributed by atoms with E-state index in [-0.39, 0.29) is 11.7 Å². The molecule has 6 nitrogen and oxygen atoms in total. The summed E-state index contributed by atoms with van der Waals surface area (Å²) >= 11 is 1.29. The maximum atomic E-state index is 12.3. The van der Waals surface area contributed by atoms with Crippen LogP contribution in [0, 0.1) is 0 Å². The Labute approximate surface area is 140 Å². The van der Waals surface area contributed by atoms with Crippen LogP contribution in [0.5, 0.6) is 0 Å². The Morgan fingerprint density at radius 2 is 1.83 bits per heavy atom. The summed E-state index contributed by atoms with van der Waals surface area (Å²) in [6.45, 7) is 6.13. The highest BCUT2D eigenvalue weighted by atomic mass is 32.2. The molecule has 1 amide bonds. The number of para-hydroxylation sites is 1. The lowest BCUT2D eigenvalue weighted by molar-refractivity contribution is -0.113. The Hall–Kier alpha value is -2.02. The highest BCUT2D eigenvalue weighted by Crippen LogP contribution is 2.23. The predicted octanol–water partition coefficient (Wildman–Crippen LogP) is 2.41. The highest BCUT2D eigenvalue weighted by Gasteiger charge is 2.13. The Bertz CT molecular complexity index is 661. The van der Waals surface area contributed by atoms with Crippen LogP contribution in [-0.4, -0.2) is 26.5 Å². The number of amides is 1. The number of carbonyl (C=O) groups is 1. The number of hydrogen-bond donors (Lipinski definition) is 2. The van der Waals surface area contributed by atoms with E-state index in [0.717, 1.165) is 29.7 Å². The highest BCUT2D eigenvalue weighted by molar-refractivity contribution is 7.99. The molecule has 0 unspecified atom stereocenters. The average Bonchev–Trinajstić information content (AvgIpc) is 2.93. The van der Waals surface area contributed by atoms with Crippen LogP contribution in [0.25, 0.3) is 0 Å². The van der Waals surface area contributed by atoms with Crippen molar-refractivity contribution in [1.82, 2.24) is 14.9 Å². The molecule has 1 aromatic heterocycles. The summed E-state index contributed by atoms with van der Waals surface area (Å²) in [4.78, 5) is 12.3. The molecule has 2 rings (SSSR count). The van der Waals surface area contributed by atoms with Crippen molar-refractivity contribution in [3.63, 3.8) is 0 Å². The Morgan fingerprint density at radius 3 is 2.35 bits per heavy atom. The molecule has 0 spiro atoms. The minimum Gasteiger partial charge on any atom is -0.336 e. The molecule has 23 heavy (non-hydrogen) atoms. The lowest BCUT2D eigenvalue weighted by Crippen LogP contribution is -2.18. The molecule has 1 aromatic carbocycles. The second-order valence-electron chi connectivity index (χ2n) is 5.12. The van der Waals surface area contributed by atoms with E-state index in [1.807, 2.05) is 25.1 Å². The topological polar surface area (TPSA) is 85.8 Å². The van der Waals surface area contributed by atoms with Crippen LogP contribution in [0.3, 0.4) is 0 Å². The maximum absolute atomic E-state index is 12.3. The number of hydrogen-bond acceptors (Lipinski definition) is 5. The third kappa shape index (κ3) is 4.04. The van der Waals surface area contributed by atoms with Crippen molar-refractivity contribution < 1.29 is 4.79 Å². The van der Waals surface area contributed by atoms with Gasteiger partial charge in [0.1, 0.15) is 0 Å². The van der Waals surface area contributed by atoms with Gasteiger partial charge in [0.05, 0.1) is 5.75 Å². The first-order chi connectivity index (χ1) is 11.1. The molecule has 1 heterocycles. The van der Waals surface area contributed by atoms with Gasteiger partial charge in [-0.1, -0.05) is 50.7 Å². The third-order valence-electron chi connectivity index (χ3n) is 3.65. The number of rotatable bonds is 7. The average molecular weight is 333 g/mol. The van der Waals surface area contributed by atoms with E-state index in [4.69, 9.17) is 5.84 Å². The number of nitrogens with one attached hydrogen (secondary N) is 1. The summed E-state index contributed by atoms with van der Waals surface area (Å²) in [5, 5.41) is 11.6. The van der Waals surface area contributed by atoms with Gasteiger partial charge in [-0.15, -0.1) is 10.2 Å². The number of thioether (sulfide) groups is 1. The van der Waals surface area contributed by atoms with Crippen LogP contribution in [-0.2, 0) is 24.1 Å². The number of carbonyl (C=O) groups excluding carboxylic acids is 1. The second kappa shape index (κ2) is 8.01. The molecule has 3 N–H and O–H groups in total. The van der Waals surface area contributed by atoms with Gasteiger partial charge in [-0.25, -0.2) is 4.68 Å². The fraction of sp³-hybridized carbons (Fsp3) is 0.438. The van der Waals surface area contributed by atoms with Gasteiger partial charge < -0.3 is 11.2 Å². The number of nitrogens with zero attached hydrogens (tertiary/aromatic N) is 3. The molecule has 0 saturated carbocycles. The molecule has 0 aliphatic heterocycles. The van der Waals surface area contributed by atoms with Gasteiger partial charge in [0.2, 0.25) is 11.1 Å². The summed E-state index contributed by atoms with van der Waals surface area (Å²) in [5.41, 5.74) is 3.24. The molecule has 0 saturated heterocycles. The molecular weight excluding hydrogens is 310 g/mol. The summed E-state index contributed by atoms with van der Waals surface area (Å²) in [6.07, 6.45) is 2.47. The van der Waals surface area contributed by atoms with Gasteiger partial charge in [-0.05, 0) is 24.0 Å². The second-order valence-corrected chi connectivity index (χ2v) is 6.06. The van der Waals surface area contributed by atoms with Crippen molar-refractivity contribution >= 4 is 23.4 Å². The fourth-order valence-corrected chi connectivity index (χ4v) is 3.03. The van der Waals surface area contributed by atoms with Crippen LogP contribution in [0.1, 0.15) is 37.7 Å². The van der Waals surface area contributed by atoms with E-state index in [1.165, 1.54) is 16.4 Å². The zero-order valence-electron chi connectivity index (χ0n) is 13.8. The maximum Gasteiger partial charge on any atom is 0.234 e. The molecule has 7 heteroatoms. The van der Waals surface area contributed by atoms with E-state index >= 15 is 0 Å². The van der Waals surface area contributed by atoms with Crippen LogP contribution in [0.2, 0.25) is 0 Å². The van der Waals surface area contributed by atoms with Crippen LogP contribution < -0.4 is 11.2 Å². The van der Waals surface area contributed by atoms with Gasteiger partial charge in [-0.3, -0.25) is 4.79 Å². The molecule has 124 valence electrons. The zero-order chi connectivity index (χ0) is 16.8. The van der Waals surface area contributed by atoms with Crippen LogP contribution >= 0.6 is 11.8 Å². The molecule has 0 radical (unpaired) electrons. The van der Waals surface area contributed by atoms with Gasteiger partial charge in [-0.2, -0.15) is 0 Å². The van der Waals surface area contributed by atoms with Gasteiger partial charge in [0, 0.05) is 12.1 Å². The number of aromatic nitrogens is 3. The van der Waals surface area contributed by atoms with Crippen molar-refractivity contribution in [2.24, 2.45) is 0 Å². The monoisotopic (exact) mass is 333 g/mol. The Morgan fingerprint density at radius 1 is 1.17 bits per heavy atom. The number of aryl methyl sites for hydroxylation is 3. The number of nitrogen functional groups attached to an aromatic ring is 1. The summed E-state index contributed by atoms with van der Waals surface area (Å²) in [6, 6.07) is 6.13. The predicted molar refractivity (Wildman–Crippen MR) is 94.1 cm³/mol. The molecule has 0 atom stereocenters. The molecular formula is C16H23N5OS. The SMILES string of the molecule is CCc1cccc(CC)c1NC(=O)CSc1nnc(CC)n1N. The Balaban J connectivity index is 2.04. The lowest BCUT2D eigenvalue weighted by Gasteiger charge is -2.14. The number of anilines is 1. The van der Waals surface area contributed by atoms with E-state index in [1.54, 1.807) is 0 Å². The quantitative estimate of drug-likeness (QED) is 0.600. The van der Waals surface area contributed by atoms with Crippen molar-refractivity contribution in [1.29, 1.82) is 0 Å². The molecule has 0 fully saturated rings. The standard InChI is InChI=1S/C16H23N5OS/c1-4-11-8-7-9-12(5-2)15(11)18-14(22)10-23-16-20-19-13(6-3)21(16)17/h7-9H,4-6,10,17H2,1-3H3,(H,18,22). The van der Waals surface area contributed by atoms with Gasteiger partial charge in [0.25, 0.3) is 0 Å². The number of nitrogens with two attached hydrogens (primary N) is 1. The van der Waals surface area contributed by atoms with Crippen LogP contribution in [0.15, 0.2) is 23.4 Å². The van der Waals surface area contributed by atoms with Gasteiger partial charge in [0.15, 0.2) is 5.82 Å². The first-order valence-electron chi connectivity index (χ1n) is 7.83. The number of benzene rings is 1. The summed E-state index contributed by atoms with van der Waals surface area (Å²) in [5.74, 6) is 6.78.